The van der Waals surface area contributed by atoms with E-state index >= 15 is 0 Å². The summed E-state index contributed by atoms with van der Waals surface area (Å²) in [6.45, 7) is 4.76. The fraction of sp³-hybridized carbons (Fsp3) is 0.211. The van der Waals surface area contributed by atoms with Gasteiger partial charge in [-0.25, -0.2) is 0 Å². The zero-order chi connectivity index (χ0) is 33.6. The van der Waals surface area contributed by atoms with Crippen LogP contribution in [-0.4, -0.2) is 40.7 Å². The number of nitrogens with zero attached hydrogens (tertiary/aromatic N) is 3. The molecule has 1 amide bonds. The second-order valence-corrected chi connectivity index (χ2v) is 13.8. The quantitative estimate of drug-likeness (QED) is 0.0751. The first-order valence-electron chi connectivity index (χ1n) is 15.6. The Hall–Kier alpha value is -4.93. The Morgan fingerprint density at radius 3 is 2.56 bits per heavy atom. The van der Waals surface area contributed by atoms with E-state index in [0.717, 1.165) is 22.9 Å². The number of rotatable bonds is 13. The number of benzene rings is 4. The number of carbonyl (C=O) groups excluding carboxylic acids is 2. The normalized spacial score (nSPS) is 14.9. The lowest BCUT2D eigenvalue weighted by molar-refractivity contribution is -0.117. The van der Waals surface area contributed by atoms with Crippen molar-refractivity contribution in [2.75, 3.05) is 18.6 Å². The number of aliphatic hydroxyl groups excluding tert-OH is 1. The molecule has 0 fully saturated rings. The topological polar surface area (TPSA) is 102 Å². The SMILES string of the molecule is COc1cc(C2C(C(=O)C=Cc3ccccc3)=C(O)C(=O)N2c2nnc(SCc3cccc4ccccc34)s2)ccc1OCCC(C)C. The average molecular weight is 678 g/mol. The Bertz CT molecular complexity index is 2000. The minimum absolute atomic E-state index is 0.0529. The Kier molecular flexibility index (Phi) is 10.2. The van der Waals surface area contributed by atoms with Crippen molar-refractivity contribution < 1.29 is 24.2 Å². The van der Waals surface area contributed by atoms with Gasteiger partial charge in [0.05, 0.1) is 25.3 Å². The lowest BCUT2D eigenvalue weighted by Crippen LogP contribution is -2.30. The number of hydrogen-bond donors (Lipinski definition) is 1. The molecule has 0 spiro atoms. The highest BCUT2D eigenvalue weighted by Gasteiger charge is 2.45. The number of thioether (sulfide) groups is 1. The van der Waals surface area contributed by atoms with E-state index in [1.165, 1.54) is 46.6 Å². The van der Waals surface area contributed by atoms with E-state index in [1.807, 2.05) is 48.5 Å². The number of aromatic nitrogens is 2. The number of carbonyl (C=O) groups is 2. The van der Waals surface area contributed by atoms with E-state index < -0.39 is 23.5 Å². The van der Waals surface area contributed by atoms with Crippen LogP contribution in [0.3, 0.4) is 0 Å². The maximum atomic E-state index is 13.8. The van der Waals surface area contributed by atoms with Crippen LogP contribution >= 0.6 is 23.1 Å². The van der Waals surface area contributed by atoms with Crippen molar-refractivity contribution in [2.45, 2.75) is 36.4 Å². The van der Waals surface area contributed by atoms with Gasteiger partial charge in [-0.1, -0.05) is 122 Å². The molecule has 1 aromatic heterocycles. The summed E-state index contributed by atoms with van der Waals surface area (Å²) in [6.07, 6.45) is 3.90. The highest BCUT2D eigenvalue weighted by molar-refractivity contribution is 8.00. The smallest absolute Gasteiger partial charge is 0.296 e. The molecule has 1 unspecified atom stereocenters. The lowest BCUT2D eigenvalue weighted by atomic mass is 9.95. The number of fused-ring (bicyclic) bond motifs is 1. The van der Waals surface area contributed by atoms with Gasteiger partial charge < -0.3 is 14.6 Å². The van der Waals surface area contributed by atoms with Gasteiger partial charge >= 0.3 is 0 Å². The molecule has 1 aliphatic heterocycles. The van der Waals surface area contributed by atoms with Crippen LogP contribution < -0.4 is 14.4 Å². The van der Waals surface area contributed by atoms with E-state index in [1.54, 1.807) is 24.3 Å². The highest BCUT2D eigenvalue weighted by Crippen LogP contribution is 2.45. The predicted octanol–water partition coefficient (Wildman–Crippen LogP) is 8.60. The van der Waals surface area contributed by atoms with Crippen molar-refractivity contribution >= 4 is 56.8 Å². The summed E-state index contributed by atoms with van der Waals surface area (Å²) in [6, 6.07) is 28.1. The number of hydrogen-bond acceptors (Lipinski definition) is 9. The molecule has 10 heteroatoms. The molecule has 0 aliphatic carbocycles. The second kappa shape index (κ2) is 14.9. The first kappa shape index (κ1) is 33.0. The number of anilines is 1. The van der Waals surface area contributed by atoms with E-state index in [-0.39, 0.29) is 10.7 Å². The monoisotopic (exact) mass is 677 g/mol. The number of ketones is 1. The fourth-order valence-electron chi connectivity index (χ4n) is 5.49. The van der Waals surface area contributed by atoms with Gasteiger partial charge in [0.2, 0.25) is 5.13 Å². The summed E-state index contributed by atoms with van der Waals surface area (Å²) in [5.74, 6) is 0.273. The summed E-state index contributed by atoms with van der Waals surface area (Å²) < 4.78 is 12.3. The maximum absolute atomic E-state index is 13.8. The van der Waals surface area contributed by atoms with Crippen LogP contribution in [0.15, 0.2) is 113 Å². The first-order chi connectivity index (χ1) is 23.3. The van der Waals surface area contributed by atoms with Crippen molar-refractivity contribution in [3.63, 3.8) is 0 Å². The van der Waals surface area contributed by atoms with Crippen LogP contribution in [0.2, 0.25) is 0 Å². The molecule has 2 heterocycles. The summed E-state index contributed by atoms with van der Waals surface area (Å²) in [7, 11) is 1.54. The summed E-state index contributed by atoms with van der Waals surface area (Å²) in [4.78, 5) is 28.9. The third-order valence-corrected chi connectivity index (χ3v) is 10.1. The molecule has 244 valence electrons. The number of methoxy groups -OCH3 is 1. The minimum atomic E-state index is -0.979. The van der Waals surface area contributed by atoms with Crippen LogP contribution in [-0.2, 0) is 15.3 Å². The van der Waals surface area contributed by atoms with Crippen molar-refractivity contribution in [2.24, 2.45) is 5.92 Å². The largest absolute Gasteiger partial charge is 0.503 e. The number of aliphatic hydroxyl groups is 1. The van der Waals surface area contributed by atoms with Gasteiger partial charge in [0.15, 0.2) is 27.4 Å². The molecule has 0 radical (unpaired) electrons. The molecule has 5 aromatic rings. The van der Waals surface area contributed by atoms with Gasteiger partial charge in [-0.05, 0) is 58.0 Å². The Balaban J connectivity index is 1.33. The van der Waals surface area contributed by atoms with Crippen molar-refractivity contribution in [3.8, 4) is 11.5 Å². The summed E-state index contributed by atoms with van der Waals surface area (Å²) in [5, 5.41) is 22.6. The molecule has 4 aromatic carbocycles. The third-order valence-electron chi connectivity index (χ3n) is 7.99. The third kappa shape index (κ3) is 7.14. The van der Waals surface area contributed by atoms with Crippen LogP contribution in [0.5, 0.6) is 11.5 Å². The molecule has 0 saturated heterocycles. The van der Waals surface area contributed by atoms with Crippen LogP contribution in [0.25, 0.3) is 16.8 Å². The maximum Gasteiger partial charge on any atom is 0.296 e. The van der Waals surface area contributed by atoms with Crippen LogP contribution in [0.1, 0.15) is 43.0 Å². The van der Waals surface area contributed by atoms with E-state index in [9.17, 15) is 14.7 Å². The molecular formula is C38H35N3O5S2. The molecule has 1 aliphatic rings. The van der Waals surface area contributed by atoms with Gasteiger partial charge in [0.25, 0.3) is 5.91 Å². The summed E-state index contributed by atoms with van der Waals surface area (Å²) in [5.41, 5.74) is 2.47. The first-order valence-corrected chi connectivity index (χ1v) is 17.4. The Morgan fingerprint density at radius 2 is 1.77 bits per heavy atom. The van der Waals surface area contributed by atoms with Crippen LogP contribution in [0.4, 0.5) is 5.13 Å². The second-order valence-electron chi connectivity index (χ2n) is 11.7. The standard InChI is InChI=1S/C38H35N3O5S2/c1-24(2)20-21-46-31-19-17-27(22-32(31)45-3)34-33(30(42)18-16-25-10-5-4-6-11-25)35(43)36(44)41(34)37-39-40-38(48-37)47-23-28-14-9-13-26-12-7-8-15-29(26)28/h4-19,22,24,34,43H,20-21,23H2,1-3H3. The van der Waals surface area contributed by atoms with Crippen molar-refractivity contribution in [1.82, 2.24) is 10.2 Å². The number of amides is 1. The van der Waals surface area contributed by atoms with Crippen LogP contribution in [0, 0.1) is 5.92 Å². The molecular weight excluding hydrogens is 643 g/mol. The Labute approximate surface area is 287 Å². The number of ether oxygens (including phenoxy) is 2. The van der Waals surface area contributed by atoms with Gasteiger partial charge in [0.1, 0.15) is 0 Å². The van der Waals surface area contributed by atoms with E-state index in [0.29, 0.717) is 39.7 Å². The zero-order valence-electron chi connectivity index (χ0n) is 26.8. The minimum Gasteiger partial charge on any atom is -0.503 e. The molecule has 6 rings (SSSR count). The lowest BCUT2D eigenvalue weighted by Gasteiger charge is -2.24. The molecule has 1 atom stereocenters. The fourth-order valence-corrected chi connectivity index (χ4v) is 7.36. The molecule has 0 bridgehead atoms. The van der Waals surface area contributed by atoms with Gasteiger partial charge in [-0.2, -0.15) is 0 Å². The summed E-state index contributed by atoms with van der Waals surface area (Å²) >= 11 is 2.75. The van der Waals surface area contributed by atoms with Gasteiger partial charge in [-0.15, -0.1) is 10.2 Å². The molecule has 0 saturated carbocycles. The highest BCUT2D eigenvalue weighted by atomic mass is 32.2. The van der Waals surface area contributed by atoms with E-state index in [2.05, 4.69) is 48.3 Å². The number of allylic oxidation sites excluding steroid dienone is 1. The van der Waals surface area contributed by atoms with Gasteiger partial charge in [0, 0.05) is 5.75 Å². The zero-order valence-corrected chi connectivity index (χ0v) is 28.5. The van der Waals surface area contributed by atoms with Crippen molar-refractivity contribution in [3.05, 3.63) is 125 Å². The molecule has 1 N–H and O–H groups in total. The van der Waals surface area contributed by atoms with Crippen molar-refractivity contribution in [1.29, 1.82) is 0 Å². The average Bonchev–Trinajstić information content (AvgIpc) is 3.68. The predicted molar refractivity (Wildman–Crippen MR) is 192 cm³/mol. The van der Waals surface area contributed by atoms with E-state index in [4.69, 9.17) is 9.47 Å². The molecule has 48 heavy (non-hydrogen) atoms. The molecule has 8 nitrogen and oxygen atoms in total. The van der Waals surface area contributed by atoms with Gasteiger partial charge in [-0.3, -0.25) is 14.5 Å². The Morgan fingerprint density at radius 1 is 1.00 bits per heavy atom.